The summed E-state index contributed by atoms with van der Waals surface area (Å²) in [5, 5.41) is 3.01. The SMILES string of the molecule is CCCNC(=O)C1CCN(Cc2cccc(Br)c2)CC1. The second kappa shape index (κ2) is 7.79. The van der Waals surface area contributed by atoms with Crippen molar-refractivity contribution in [3.63, 3.8) is 0 Å². The van der Waals surface area contributed by atoms with Crippen LogP contribution in [0.5, 0.6) is 0 Å². The molecule has 1 amide bonds. The molecule has 0 radical (unpaired) electrons. The molecule has 1 heterocycles. The molecule has 0 atom stereocenters. The van der Waals surface area contributed by atoms with Crippen LogP contribution in [0.2, 0.25) is 0 Å². The van der Waals surface area contributed by atoms with E-state index >= 15 is 0 Å². The van der Waals surface area contributed by atoms with E-state index in [9.17, 15) is 4.79 Å². The molecule has 20 heavy (non-hydrogen) atoms. The summed E-state index contributed by atoms with van der Waals surface area (Å²) in [4.78, 5) is 14.4. The number of nitrogens with one attached hydrogen (secondary N) is 1. The summed E-state index contributed by atoms with van der Waals surface area (Å²) in [5.74, 6) is 0.453. The van der Waals surface area contributed by atoms with E-state index in [4.69, 9.17) is 0 Å². The zero-order valence-electron chi connectivity index (χ0n) is 12.1. The Bertz CT molecular complexity index is 442. The third-order valence-corrected chi connectivity index (χ3v) is 4.30. The number of halogens is 1. The molecular formula is C16H23BrN2O. The zero-order valence-corrected chi connectivity index (χ0v) is 13.7. The van der Waals surface area contributed by atoms with Gasteiger partial charge in [-0.2, -0.15) is 0 Å². The average molecular weight is 339 g/mol. The third-order valence-electron chi connectivity index (χ3n) is 3.80. The number of piperidine rings is 1. The van der Waals surface area contributed by atoms with Crippen molar-refractivity contribution in [2.75, 3.05) is 19.6 Å². The van der Waals surface area contributed by atoms with E-state index in [1.165, 1.54) is 5.56 Å². The van der Waals surface area contributed by atoms with Gasteiger partial charge in [-0.3, -0.25) is 9.69 Å². The summed E-state index contributed by atoms with van der Waals surface area (Å²) in [6.07, 6.45) is 2.96. The van der Waals surface area contributed by atoms with Crippen LogP contribution >= 0.6 is 15.9 Å². The quantitative estimate of drug-likeness (QED) is 0.894. The Balaban J connectivity index is 1.78. The van der Waals surface area contributed by atoms with Crippen molar-refractivity contribution >= 4 is 21.8 Å². The molecule has 1 aliphatic rings. The normalized spacial score (nSPS) is 17.1. The second-order valence-electron chi connectivity index (χ2n) is 5.47. The van der Waals surface area contributed by atoms with Crippen molar-refractivity contribution in [3.05, 3.63) is 34.3 Å². The summed E-state index contributed by atoms with van der Waals surface area (Å²) in [5.41, 5.74) is 1.33. The Hall–Kier alpha value is -0.870. The summed E-state index contributed by atoms with van der Waals surface area (Å²) in [7, 11) is 0. The molecule has 0 bridgehead atoms. The van der Waals surface area contributed by atoms with Gasteiger partial charge in [0.05, 0.1) is 0 Å². The first-order valence-electron chi connectivity index (χ1n) is 7.43. The zero-order chi connectivity index (χ0) is 14.4. The maximum Gasteiger partial charge on any atom is 0.223 e. The van der Waals surface area contributed by atoms with E-state index in [0.29, 0.717) is 0 Å². The van der Waals surface area contributed by atoms with Crippen LogP contribution < -0.4 is 5.32 Å². The summed E-state index contributed by atoms with van der Waals surface area (Å²) < 4.78 is 1.13. The largest absolute Gasteiger partial charge is 0.356 e. The third kappa shape index (κ3) is 4.60. The minimum atomic E-state index is 0.209. The lowest BCUT2D eigenvalue weighted by Gasteiger charge is -2.31. The van der Waals surface area contributed by atoms with Gasteiger partial charge >= 0.3 is 0 Å². The fraction of sp³-hybridized carbons (Fsp3) is 0.562. The van der Waals surface area contributed by atoms with Crippen LogP contribution in [0.4, 0.5) is 0 Å². The number of carbonyl (C=O) groups is 1. The predicted molar refractivity (Wildman–Crippen MR) is 85.4 cm³/mol. The van der Waals surface area contributed by atoms with Gasteiger partial charge in [-0.25, -0.2) is 0 Å². The van der Waals surface area contributed by atoms with E-state index in [0.717, 1.165) is 49.9 Å². The van der Waals surface area contributed by atoms with E-state index < -0.39 is 0 Å². The van der Waals surface area contributed by atoms with Gasteiger partial charge in [-0.15, -0.1) is 0 Å². The Morgan fingerprint density at radius 1 is 1.40 bits per heavy atom. The lowest BCUT2D eigenvalue weighted by molar-refractivity contribution is -0.126. The van der Waals surface area contributed by atoms with Crippen molar-refractivity contribution in [1.82, 2.24) is 10.2 Å². The van der Waals surface area contributed by atoms with Gasteiger partial charge in [-0.1, -0.05) is 35.0 Å². The molecule has 1 N–H and O–H groups in total. The monoisotopic (exact) mass is 338 g/mol. The molecule has 0 aromatic heterocycles. The Morgan fingerprint density at radius 3 is 2.80 bits per heavy atom. The standard InChI is InChI=1S/C16H23BrN2O/c1-2-8-18-16(20)14-6-9-19(10-7-14)12-13-4-3-5-15(17)11-13/h3-5,11,14H,2,6-10,12H2,1H3,(H,18,20). The molecule has 1 fully saturated rings. The molecule has 1 aliphatic heterocycles. The fourth-order valence-electron chi connectivity index (χ4n) is 2.64. The topological polar surface area (TPSA) is 32.3 Å². The summed E-state index contributed by atoms with van der Waals surface area (Å²) >= 11 is 3.51. The highest BCUT2D eigenvalue weighted by molar-refractivity contribution is 9.10. The summed E-state index contributed by atoms with van der Waals surface area (Å²) in [6.45, 7) is 5.88. The first-order valence-corrected chi connectivity index (χ1v) is 8.23. The van der Waals surface area contributed by atoms with Gasteiger partial charge in [0.1, 0.15) is 0 Å². The van der Waals surface area contributed by atoms with Crippen LogP contribution in [0.1, 0.15) is 31.7 Å². The molecule has 110 valence electrons. The number of nitrogens with zero attached hydrogens (tertiary/aromatic N) is 1. The molecule has 0 aliphatic carbocycles. The number of rotatable bonds is 5. The minimum absolute atomic E-state index is 0.209. The average Bonchev–Trinajstić information content (AvgIpc) is 2.45. The van der Waals surface area contributed by atoms with E-state index in [2.05, 4.69) is 51.3 Å². The highest BCUT2D eigenvalue weighted by atomic mass is 79.9. The molecule has 1 saturated heterocycles. The molecule has 1 aromatic carbocycles. The molecule has 3 nitrogen and oxygen atoms in total. The number of hydrogen-bond donors (Lipinski definition) is 1. The molecule has 0 unspecified atom stereocenters. The molecule has 4 heteroatoms. The molecule has 1 aromatic rings. The van der Waals surface area contributed by atoms with Crippen LogP contribution in [0.3, 0.4) is 0 Å². The molecular weight excluding hydrogens is 316 g/mol. The van der Waals surface area contributed by atoms with Gasteiger partial charge in [0.2, 0.25) is 5.91 Å². The van der Waals surface area contributed by atoms with Gasteiger partial charge < -0.3 is 5.32 Å². The van der Waals surface area contributed by atoms with Gasteiger partial charge in [0.15, 0.2) is 0 Å². The lowest BCUT2D eigenvalue weighted by atomic mass is 9.95. The number of benzene rings is 1. The highest BCUT2D eigenvalue weighted by Gasteiger charge is 2.24. The first kappa shape index (κ1) is 15.5. The van der Waals surface area contributed by atoms with Crippen LogP contribution in [0, 0.1) is 5.92 Å². The number of amides is 1. The second-order valence-corrected chi connectivity index (χ2v) is 6.39. The highest BCUT2D eigenvalue weighted by Crippen LogP contribution is 2.20. The smallest absolute Gasteiger partial charge is 0.223 e. The van der Waals surface area contributed by atoms with Crippen molar-refractivity contribution in [3.8, 4) is 0 Å². The fourth-order valence-corrected chi connectivity index (χ4v) is 3.09. The maximum absolute atomic E-state index is 11.9. The molecule has 0 spiro atoms. The van der Waals surface area contributed by atoms with E-state index in [1.807, 2.05) is 6.07 Å². The molecule has 2 rings (SSSR count). The van der Waals surface area contributed by atoms with Crippen LogP contribution in [0.15, 0.2) is 28.7 Å². The van der Waals surface area contributed by atoms with E-state index in [1.54, 1.807) is 0 Å². The molecule has 0 saturated carbocycles. The Morgan fingerprint density at radius 2 is 2.15 bits per heavy atom. The van der Waals surface area contributed by atoms with Crippen LogP contribution in [-0.4, -0.2) is 30.4 Å². The van der Waals surface area contributed by atoms with Crippen molar-refractivity contribution < 1.29 is 4.79 Å². The van der Waals surface area contributed by atoms with Crippen LogP contribution in [-0.2, 0) is 11.3 Å². The van der Waals surface area contributed by atoms with Gasteiger partial charge in [0, 0.05) is 23.5 Å². The van der Waals surface area contributed by atoms with Gasteiger partial charge in [0.25, 0.3) is 0 Å². The Labute approximate surface area is 129 Å². The summed E-state index contributed by atoms with van der Waals surface area (Å²) in [6, 6.07) is 8.45. The minimum Gasteiger partial charge on any atom is -0.356 e. The van der Waals surface area contributed by atoms with Crippen molar-refractivity contribution in [2.45, 2.75) is 32.7 Å². The van der Waals surface area contributed by atoms with Crippen molar-refractivity contribution in [1.29, 1.82) is 0 Å². The Kier molecular flexibility index (Phi) is 6.05. The number of carbonyl (C=O) groups excluding carboxylic acids is 1. The number of likely N-dealkylation sites (tertiary alicyclic amines) is 1. The van der Waals surface area contributed by atoms with Gasteiger partial charge in [-0.05, 0) is 50.0 Å². The lowest BCUT2D eigenvalue weighted by Crippen LogP contribution is -2.40. The number of hydrogen-bond acceptors (Lipinski definition) is 2. The van der Waals surface area contributed by atoms with Crippen LogP contribution in [0.25, 0.3) is 0 Å². The first-order chi connectivity index (χ1) is 9.69. The maximum atomic E-state index is 11.9. The van der Waals surface area contributed by atoms with Crippen molar-refractivity contribution in [2.24, 2.45) is 5.92 Å². The van der Waals surface area contributed by atoms with E-state index in [-0.39, 0.29) is 11.8 Å². The predicted octanol–water partition coefficient (Wildman–Crippen LogP) is 3.19.